The van der Waals surface area contributed by atoms with E-state index >= 15 is 0 Å². The number of nitrogens with zero attached hydrogens (tertiary/aromatic N) is 1. The van der Waals surface area contributed by atoms with Crippen molar-refractivity contribution < 1.29 is 9.53 Å². The largest absolute Gasteiger partial charge is 0.426 e. The highest BCUT2D eigenvalue weighted by molar-refractivity contribution is 5.72. The van der Waals surface area contributed by atoms with Crippen molar-refractivity contribution in [2.45, 2.75) is 52.5 Å². The molecule has 0 amide bonds. The summed E-state index contributed by atoms with van der Waals surface area (Å²) >= 11 is 0. The molecule has 0 saturated heterocycles. The van der Waals surface area contributed by atoms with Gasteiger partial charge in [-0.3, -0.25) is 4.79 Å². The number of hydrogen-bond acceptors (Lipinski definition) is 3. The molecule has 0 bridgehead atoms. The van der Waals surface area contributed by atoms with Crippen LogP contribution in [0.15, 0.2) is 18.2 Å². The molecule has 1 rings (SSSR count). The highest BCUT2D eigenvalue weighted by atomic mass is 16.5. The van der Waals surface area contributed by atoms with Crippen LogP contribution in [0.3, 0.4) is 0 Å². The molecule has 0 aliphatic rings. The molecule has 0 saturated carbocycles. The predicted octanol–water partition coefficient (Wildman–Crippen LogP) is 3.80. The number of hydrogen-bond donors (Lipinski definition) is 0. The van der Waals surface area contributed by atoms with Crippen molar-refractivity contribution in [2.75, 3.05) is 14.1 Å². The lowest BCUT2D eigenvalue weighted by molar-refractivity contribution is -0.134. The zero-order valence-corrected chi connectivity index (χ0v) is 13.2. The Balaban J connectivity index is 2.90. The minimum Gasteiger partial charge on any atom is -0.426 e. The van der Waals surface area contributed by atoms with E-state index in [1.165, 1.54) is 11.1 Å². The maximum atomic E-state index is 11.8. The van der Waals surface area contributed by atoms with Crippen LogP contribution in [0.4, 0.5) is 0 Å². The van der Waals surface area contributed by atoms with Crippen LogP contribution in [0.5, 0.6) is 5.75 Å². The average molecular weight is 277 g/mol. The fourth-order valence-electron chi connectivity index (χ4n) is 2.22. The molecule has 0 aliphatic heterocycles. The van der Waals surface area contributed by atoms with Gasteiger partial charge in [-0.05, 0) is 44.1 Å². The van der Waals surface area contributed by atoms with Gasteiger partial charge in [0.2, 0.25) is 0 Å². The molecule has 0 unspecified atom stereocenters. The molecule has 0 heterocycles. The number of carbonyl (C=O) groups is 1. The summed E-state index contributed by atoms with van der Waals surface area (Å²) in [4.78, 5) is 14.0. The summed E-state index contributed by atoms with van der Waals surface area (Å²) in [6.45, 7) is 5.10. The monoisotopic (exact) mass is 277 g/mol. The van der Waals surface area contributed by atoms with Crippen LogP contribution in [0, 0.1) is 0 Å². The number of rotatable bonds is 8. The Morgan fingerprint density at radius 3 is 2.55 bits per heavy atom. The molecule has 0 aliphatic carbocycles. The third kappa shape index (κ3) is 5.33. The van der Waals surface area contributed by atoms with Crippen LogP contribution >= 0.6 is 0 Å². The van der Waals surface area contributed by atoms with Crippen molar-refractivity contribution in [3.63, 3.8) is 0 Å². The van der Waals surface area contributed by atoms with Crippen LogP contribution in [-0.2, 0) is 17.8 Å². The summed E-state index contributed by atoms with van der Waals surface area (Å²) in [7, 11) is 4.10. The molecular formula is C17H27NO2. The fourth-order valence-corrected chi connectivity index (χ4v) is 2.22. The lowest BCUT2D eigenvalue weighted by Gasteiger charge is -2.17. The summed E-state index contributed by atoms with van der Waals surface area (Å²) < 4.78 is 5.56. The fraction of sp³-hybridized carbons (Fsp3) is 0.588. The standard InChI is InChI=1S/C17H27NO2/c1-5-7-12-17(19)20-16-11-8-10-14(13-18(3)4)15(16)9-6-2/h8,10-11H,5-7,9,12-13H2,1-4H3. The third-order valence-corrected chi connectivity index (χ3v) is 3.17. The van der Waals surface area contributed by atoms with Crippen molar-refractivity contribution >= 4 is 5.97 Å². The molecule has 3 nitrogen and oxygen atoms in total. The van der Waals surface area contributed by atoms with Gasteiger partial charge in [0, 0.05) is 13.0 Å². The molecule has 0 fully saturated rings. The van der Waals surface area contributed by atoms with E-state index < -0.39 is 0 Å². The van der Waals surface area contributed by atoms with Crippen molar-refractivity contribution in [3.8, 4) is 5.75 Å². The van der Waals surface area contributed by atoms with Crippen molar-refractivity contribution in [3.05, 3.63) is 29.3 Å². The van der Waals surface area contributed by atoms with Crippen LogP contribution in [0.1, 0.15) is 50.7 Å². The first kappa shape index (κ1) is 16.7. The Kier molecular flexibility index (Phi) is 7.31. The van der Waals surface area contributed by atoms with E-state index in [-0.39, 0.29) is 5.97 Å². The topological polar surface area (TPSA) is 29.5 Å². The second-order valence-corrected chi connectivity index (χ2v) is 5.46. The lowest BCUT2D eigenvalue weighted by atomic mass is 10.0. The molecule has 112 valence electrons. The molecule has 0 aromatic heterocycles. The molecule has 1 aromatic carbocycles. The summed E-state index contributed by atoms with van der Waals surface area (Å²) in [5.74, 6) is 0.624. The second-order valence-electron chi connectivity index (χ2n) is 5.46. The van der Waals surface area contributed by atoms with E-state index in [1.807, 2.05) is 12.1 Å². The Hall–Kier alpha value is -1.35. The number of benzene rings is 1. The molecule has 0 radical (unpaired) electrons. The Labute approximate surface area is 122 Å². The van der Waals surface area contributed by atoms with E-state index in [0.29, 0.717) is 6.42 Å². The van der Waals surface area contributed by atoms with Crippen molar-refractivity contribution in [1.29, 1.82) is 0 Å². The van der Waals surface area contributed by atoms with Crippen molar-refractivity contribution in [2.24, 2.45) is 0 Å². The van der Waals surface area contributed by atoms with Crippen molar-refractivity contribution in [1.82, 2.24) is 4.90 Å². The minimum atomic E-state index is -0.119. The van der Waals surface area contributed by atoms with Gasteiger partial charge in [0.15, 0.2) is 0 Å². The van der Waals surface area contributed by atoms with Gasteiger partial charge < -0.3 is 9.64 Å². The van der Waals surface area contributed by atoms with E-state index in [2.05, 4.69) is 38.9 Å². The Morgan fingerprint density at radius 1 is 1.20 bits per heavy atom. The van der Waals surface area contributed by atoms with Gasteiger partial charge in [-0.1, -0.05) is 38.8 Å². The predicted molar refractivity (Wildman–Crippen MR) is 83.0 cm³/mol. The SMILES string of the molecule is CCCCC(=O)Oc1cccc(CN(C)C)c1CCC. The first-order chi connectivity index (χ1) is 9.58. The molecular weight excluding hydrogens is 250 g/mol. The zero-order valence-electron chi connectivity index (χ0n) is 13.2. The van der Waals surface area contributed by atoms with E-state index in [9.17, 15) is 4.79 Å². The molecule has 0 N–H and O–H groups in total. The van der Waals surface area contributed by atoms with Gasteiger partial charge in [0.1, 0.15) is 5.75 Å². The summed E-state index contributed by atoms with van der Waals surface area (Å²) in [6, 6.07) is 6.00. The normalized spacial score (nSPS) is 10.8. The highest BCUT2D eigenvalue weighted by Crippen LogP contribution is 2.25. The molecule has 20 heavy (non-hydrogen) atoms. The molecule has 0 atom stereocenters. The molecule has 3 heteroatoms. The molecule has 1 aromatic rings. The quantitative estimate of drug-likeness (QED) is 0.535. The van der Waals surface area contributed by atoms with E-state index in [4.69, 9.17) is 4.74 Å². The van der Waals surface area contributed by atoms with Gasteiger partial charge in [-0.2, -0.15) is 0 Å². The Bertz CT molecular complexity index is 427. The van der Waals surface area contributed by atoms with Crippen LogP contribution in [-0.4, -0.2) is 25.0 Å². The van der Waals surface area contributed by atoms with Crippen LogP contribution in [0.2, 0.25) is 0 Å². The lowest BCUT2D eigenvalue weighted by Crippen LogP contribution is -2.14. The Morgan fingerprint density at radius 2 is 1.95 bits per heavy atom. The number of ether oxygens (including phenoxy) is 1. The molecule has 0 spiro atoms. The van der Waals surface area contributed by atoms with E-state index in [0.717, 1.165) is 38.0 Å². The number of esters is 1. The zero-order chi connectivity index (χ0) is 15.0. The van der Waals surface area contributed by atoms with Crippen LogP contribution < -0.4 is 4.74 Å². The van der Waals surface area contributed by atoms with E-state index in [1.54, 1.807) is 0 Å². The third-order valence-electron chi connectivity index (χ3n) is 3.17. The van der Waals surface area contributed by atoms with Gasteiger partial charge in [-0.25, -0.2) is 0 Å². The minimum absolute atomic E-state index is 0.119. The van der Waals surface area contributed by atoms with Gasteiger partial charge in [0.25, 0.3) is 0 Å². The smallest absolute Gasteiger partial charge is 0.311 e. The maximum Gasteiger partial charge on any atom is 0.311 e. The average Bonchev–Trinajstić information content (AvgIpc) is 2.39. The first-order valence-electron chi connectivity index (χ1n) is 7.54. The van der Waals surface area contributed by atoms with Gasteiger partial charge >= 0.3 is 5.97 Å². The highest BCUT2D eigenvalue weighted by Gasteiger charge is 2.12. The number of carbonyl (C=O) groups excluding carboxylic acids is 1. The maximum absolute atomic E-state index is 11.8. The summed E-state index contributed by atoms with van der Waals surface area (Å²) in [5.41, 5.74) is 2.42. The van der Waals surface area contributed by atoms with Gasteiger partial charge in [0.05, 0.1) is 0 Å². The number of unbranched alkanes of at least 4 members (excludes halogenated alkanes) is 1. The summed E-state index contributed by atoms with van der Waals surface area (Å²) in [6.07, 6.45) is 4.39. The summed E-state index contributed by atoms with van der Waals surface area (Å²) in [5, 5.41) is 0. The van der Waals surface area contributed by atoms with Crippen LogP contribution in [0.25, 0.3) is 0 Å². The van der Waals surface area contributed by atoms with Gasteiger partial charge in [-0.15, -0.1) is 0 Å². The first-order valence-corrected chi connectivity index (χ1v) is 7.54. The second kappa shape index (κ2) is 8.75.